The fourth-order valence-corrected chi connectivity index (χ4v) is 3.51. The molecule has 0 aliphatic rings. The van der Waals surface area contributed by atoms with Crippen molar-refractivity contribution < 1.29 is 14.5 Å². The highest BCUT2D eigenvalue weighted by atomic mass is 35.5. The number of halogens is 2. The van der Waals surface area contributed by atoms with Gasteiger partial charge in [-0.1, -0.05) is 29.3 Å². The van der Waals surface area contributed by atoms with Gasteiger partial charge < -0.3 is 10.1 Å². The summed E-state index contributed by atoms with van der Waals surface area (Å²) in [6, 6.07) is 9.06. The summed E-state index contributed by atoms with van der Waals surface area (Å²) < 4.78 is 5.13. The number of hydrogen-bond donors (Lipinski definition) is 1. The minimum absolute atomic E-state index is 0.148. The molecular weight excluding hydrogens is 387 g/mol. The summed E-state index contributed by atoms with van der Waals surface area (Å²) in [7, 11) is 1.42. The number of carbonyl (C=O) groups excluding carboxylic acids is 1. The lowest BCUT2D eigenvalue weighted by Crippen LogP contribution is -2.22. The Labute approximate surface area is 158 Å². The van der Waals surface area contributed by atoms with E-state index in [0.717, 1.165) is 0 Å². The number of ether oxygens (including phenoxy) is 1. The Kier molecular flexibility index (Phi) is 6.52. The number of rotatable bonds is 6. The summed E-state index contributed by atoms with van der Waals surface area (Å²) >= 11 is 13.4. The van der Waals surface area contributed by atoms with Gasteiger partial charge in [-0.3, -0.25) is 14.9 Å². The maximum absolute atomic E-state index is 12.4. The minimum atomic E-state index is -0.545. The van der Waals surface area contributed by atoms with Gasteiger partial charge in [0.15, 0.2) is 0 Å². The standard InChI is InChI=1S/C16H14Cl2N2O4S/c1-9(25-15-11(17)4-3-5-12(15)18)16(21)19-13-8-10(20(22)23)6-7-14(13)24-2/h3-9H,1-2H3,(H,19,21)/t9-/m0/s1. The summed E-state index contributed by atoms with van der Waals surface area (Å²) in [4.78, 5) is 23.4. The molecule has 2 aromatic carbocycles. The number of hydrogen-bond acceptors (Lipinski definition) is 5. The van der Waals surface area contributed by atoms with Crippen LogP contribution in [-0.2, 0) is 4.79 Å². The van der Waals surface area contributed by atoms with Crippen LogP contribution in [0.15, 0.2) is 41.3 Å². The molecule has 0 bridgehead atoms. The lowest BCUT2D eigenvalue weighted by molar-refractivity contribution is -0.384. The van der Waals surface area contributed by atoms with Crippen molar-refractivity contribution >= 4 is 52.2 Å². The molecule has 0 heterocycles. The molecule has 2 rings (SSSR count). The van der Waals surface area contributed by atoms with E-state index in [0.29, 0.717) is 20.7 Å². The maximum Gasteiger partial charge on any atom is 0.271 e. The van der Waals surface area contributed by atoms with Crippen LogP contribution in [0.3, 0.4) is 0 Å². The van der Waals surface area contributed by atoms with E-state index in [1.165, 1.54) is 37.1 Å². The fourth-order valence-electron chi connectivity index (χ4n) is 1.97. The third-order valence-corrected chi connectivity index (χ3v) is 5.33. The molecule has 132 valence electrons. The number of amides is 1. The van der Waals surface area contributed by atoms with E-state index in [2.05, 4.69) is 5.32 Å². The van der Waals surface area contributed by atoms with Crippen molar-refractivity contribution in [1.82, 2.24) is 0 Å². The van der Waals surface area contributed by atoms with Crippen LogP contribution < -0.4 is 10.1 Å². The van der Waals surface area contributed by atoms with Gasteiger partial charge in [-0.25, -0.2) is 0 Å². The van der Waals surface area contributed by atoms with E-state index >= 15 is 0 Å². The number of nitro benzene ring substituents is 1. The first-order chi connectivity index (χ1) is 11.8. The number of methoxy groups -OCH3 is 1. The van der Waals surface area contributed by atoms with E-state index in [9.17, 15) is 14.9 Å². The molecule has 0 radical (unpaired) electrons. The Morgan fingerprint density at radius 2 is 1.92 bits per heavy atom. The Morgan fingerprint density at radius 1 is 1.28 bits per heavy atom. The van der Waals surface area contributed by atoms with Gasteiger partial charge in [0, 0.05) is 17.0 Å². The van der Waals surface area contributed by atoms with E-state index < -0.39 is 10.2 Å². The first-order valence-electron chi connectivity index (χ1n) is 7.07. The molecule has 0 aliphatic carbocycles. The predicted molar refractivity (Wildman–Crippen MR) is 100 cm³/mol. The molecule has 0 fully saturated rings. The maximum atomic E-state index is 12.4. The monoisotopic (exact) mass is 400 g/mol. The normalized spacial score (nSPS) is 11.7. The largest absolute Gasteiger partial charge is 0.495 e. The molecule has 1 N–H and O–H groups in total. The number of nitrogens with one attached hydrogen (secondary N) is 1. The summed E-state index contributed by atoms with van der Waals surface area (Å²) in [6.45, 7) is 1.68. The Hall–Kier alpha value is -1.96. The summed E-state index contributed by atoms with van der Waals surface area (Å²) in [6.07, 6.45) is 0. The number of nitrogens with zero attached hydrogens (tertiary/aromatic N) is 1. The molecule has 0 aromatic heterocycles. The van der Waals surface area contributed by atoms with Crippen LogP contribution in [0.5, 0.6) is 5.75 Å². The van der Waals surface area contributed by atoms with Gasteiger partial charge in [0.2, 0.25) is 5.91 Å². The van der Waals surface area contributed by atoms with Crippen LogP contribution >= 0.6 is 35.0 Å². The molecule has 1 amide bonds. The average Bonchev–Trinajstić information content (AvgIpc) is 2.57. The lowest BCUT2D eigenvalue weighted by Gasteiger charge is -2.15. The number of carbonyl (C=O) groups is 1. The van der Waals surface area contributed by atoms with Gasteiger partial charge in [-0.15, -0.1) is 11.8 Å². The molecule has 1 atom stereocenters. The Bertz CT molecular complexity index is 796. The second-order valence-corrected chi connectivity index (χ2v) is 7.11. The fraction of sp³-hybridized carbons (Fsp3) is 0.188. The second kappa shape index (κ2) is 8.42. The van der Waals surface area contributed by atoms with Crippen molar-refractivity contribution in [3.05, 3.63) is 56.6 Å². The zero-order valence-corrected chi connectivity index (χ0v) is 15.6. The van der Waals surface area contributed by atoms with Gasteiger partial charge in [0.05, 0.1) is 33.0 Å². The molecule has 25 heavy (non-hydrogen) atoms. The lowest BCUT2D eigenvalue weighted by atomic mass is 10.2. The van der Waals surface area contributed by atoms with Crippen LogP contribution in [0, 0.1) is 10.1 Å². The van der Waals surface area contributed by atoms with E-state index in [1.54, 1.807) is 25.1 Å². The predicted octanol–water partition coefficient (Wildman–Crippen LogP) is 5.03. The van der Waals surface area contributed by atoms with Gasteiger partial charge >= 0.3 is 0 Å². The number of benzene rings is 2. The Balaban J connectivity index is 2.18. The molecule has 9 heteroatoms. The number of nitro groups is 1. The summed E-state index contributed by atoms with van der Waals surface area (Å²) in [5.41, 5.74) is 0.0740. The van der Waals surface area contributed by atoms with Crippen LogP contribution in [0.25, 0.3) is 0 Å². The SMILES string of the molecule is COc1ccc([N+](=O)[O-])cc1NC(=O)[C@H](C)Sc1c(Cl)cccc1Cl. The van der Waals surface area contributed by atoms with Crippen molar-refractivity contribution in [3.8, 4) is 5.75 Å². The van der Waals surface area contributed by atoms with Crippen molar-refractivity contribution in [2.75, 3.05) is 12.4 Å². The third kappa shape index (κ3) is 4.78. The molecule has 0 aliphatic heterocycles. The molecule has 0 saturated carbocycles. The summed E-state index contributed by atoms with van der Waals surface area (Å²) in [5, 5.41) is 13.9. The molecule has 0 unspecified atom stereocenters. The van der Waals surface area contributed by atoms with E-state index in [4.69, 9.17) is 27.9 Å². The van der Waals surface area contributed by atoms with Crippen molar-refractivity contribution in [1.29, 1.82) is 0 Å². The highest BCUT2D eigenvalue weighted by molar-refractivity contribution is 8.00. The van der Waals surface area contributed by atoms with Crippen LogP contribution in [0.2, 0.25) is 10.0 Å². The average molecular weight is 401 g/mol. The van der Waals surface area contributed by atoms with E-state index in [1.807, 2.05) is 0 Å². The van der Waals surface area contributed by atoms with Crippen molar-refractivity contribution in [3.63, 3.8) is 0 Å². The van der Waals surface area contributed by atoms with E-state index in [-0.39, 0.29) is 17.3 Å². The van der Waals surface area contributed by atoms with Gasteiger partial charge in [0.25, 0.3) is 5.69 Å². The first-order valence-corrected chi connectivity index (χ1v) is 8.71. The molecular formula is C16H14Cl2N2O4S. The smallest absolute Gasteiger partial charge is 0.271 e. The van der Waals surface area contributed by atoms with Gasteiger partial charge in [0.1, 0.15) is 5.75 Å². The van der Waals surface area contributed by atoms with Gasteiger partial charge in [-0.05, 0) is 25.1 Å². The van der Waals surface area contributed by atoms with Crippen LogP contribution in [-0.4, -0.2) is 23.2 Å². The highest BCUT2D eigenvalue weighted by Gasteiger charge is 2.20. The first kappa shape index (κ1) is 19.4. The van der Waals surface area contributed by atoms with Crippen LogP contribution in [0.1, 0.15) is 6.92 Å². The zero-order valence-electron chi connectivity index (χ0n) is 13.3. The van der Waals surface area contributed by atoms with Crippen molar-refractivity contribution in [2.45, 2.75) is 17.1 Å². The number of thioether (sulfide) groups is 1. The Morgan fingerprint density at radius 3 is 2.48 bits per heavy atom. The zero-order chi connectivity index (χ0) is 18.6. The van der Waals surface area contributed by atoms with Crippen molar-refractivity contribution in [2.24, 2.45) is 0 Å². The second-order valence-electron chi connectivity index (χ2n) is 4.94. The number of non-ortho nitro benzene ring substituents is 1. The number of anilines is 1. The minimum Gasteiger partial charge on any atom is -0.495 e. The topological polar surface area (TPSA) is 81.5 Å². The highest BCUT2D eigenvalue weighted by Crippen LogP contribution is 2.37. The molecule has 6 nitrogen and oxygen atoms in total. The van der Waals surface area contributed by atoms with Gasteiger partial charge in [-0.2, -0.15) is 0 Å². The molecule has 2 aromatic rings. The quantitative estimate of drug-likeness (QED) is 0.417. The molecule has 0 saturated heterocycles. The van der Waals surface area contributed by atoms with Crippen LogP contribution in [0.4, 0.5) is 11.4 Å². The molecule has 0 spiro atoms. The third-order valence-electron chi connectivity index (χ3n) is 3.23. The summed E-state index contributed by atoms with van der Waals surface area (Å²) in [5.74, 6) is -0.0355.